The van der Waals surface area contributed by atoms with E-state index in [0.29, 0.717) is 5.78 Å². The highest BCUT2D eigenvalue weighted by Gasteiger charge is 2.14. The molecular formula is C14H16O. The molecule has 0 radical (unpaired) electrons. The largest absolute Gasteiger partial charge is 0.295 e. The molecule has 1 aliphatic carbocycles. The highest BCUT2D eigenvalue weighted by molar-refractivity contribution is 6.00. The molecule has 1 nitrogen and oxygen atoms in total. The van der Waals surface area contributed by atoms with Crippen LogP contribution in [-0.4, -0.2) is 5.78 Å². The summed E-state index contributed by atoms with van der Waals surface area (Å²) < 4.78 is 0. The van der Waals surface area contributed by atoms with Crippen LogP contribution in [0.15, 0.2) is 29.8 Å². The van der Waals surface area contributed by atoms with Crippen LogP contribution in [0.3, 0.4) is 0 Å². The molecule has 0 aliphatic heterocycles. The van der Waals surface area contributed by atoms with Gasteiger partial charge in [0.05, 0.1) is 0 Å². The molecule has 0 saturated heterocycles. The first-order chi connectivity index (χ1) is 7.25. The summed E-state index contributed by atoms with van der Waals surface area (Å²) in [4.78, 5) is 11.6. The van der Waals surface area contributed by atoms with Gasteiger partial charge in [-0.3, -0.25) is 4.79 Å². The van der Waals surface area contributed by atoms with E-state index in [2.05, 4.69) is 31.2 Å². The van der Waals surface area contributed by atoms with Crippen LogP contribution in [-0.2, 0) is 4.79 Å². The second kappa shape index (κ2) is 4.43. The van der Waals surface area contributed by atoms with Crippen molar-refractivity contribution in [2.24, 2.45) is 0 Å². The molecular weight excluding hydrogens is 184 g/mol. The van der Waals surface area contributed by atoms with Crippen LogP contribution in [0.1, 0.15) is 36.8 Å². The first-order valence-electron chi connectivity index (χ1n) is 5.56. The Balaban J connectivity index is 2.25. The number of benzene rings is 1. The molecule has 2 rings (SSSR count). The van der Waals surface area contributed by atoms with E-state index in [1.165, 1.54) is 5.56 Å². The summed E-state index contributed by atoms with van der Waals surface area (Å²) in [5.74, 6) is 0.336. The summed E-state index contributed by atoms with van der Waals surface area (Å²) in [6.07, 6.45) is 5.95. The number of rotatable bonds is 1. The Hall–Kier alpha value is -1.37. The highest BCUT2D eigenvalue weighted by atomic mass is 16.1. The van der Waals surface area contributed by atoms with Crippen LogP contribution in [0.4, 0.5) is 0 Å². The van der Waals surface area contributed by atoms with Gasteiger partial charge in [0, 0.05) is 6.42 Å². The number of hydrogen-bond acceptors (Lipinski definition) is 1. The molecule has 15 heavy (non-hydrogen) atoms. The normalized spacial score (nSPS) is 19.5. The lowest BCUT2D eigenvalue weighted by Crippen LogP contribution is -2.07. The predicted octanol–water partition coefficient (Wildman–Crippen LogP) is 3.52. The fourth-order valence-corrected chi connectivity index (χ4v) is 2.01. The van der Waals surface area contributed by atoms with Crippen LogP contribution < -0.4 is 0 Å². The van der Waals surface area contributed by atoms with E-state index in [1.807, 2.05) is 6.07 Å². The monoisotopic (exact) mass is 200 g/mol. The van der Waals surface area contributed by atoms with Crippen molar-refractivity contribution < 1.29 is 4.79 Å². The molecule has 0 N–H and O–H groups in total. The quantitative estimate of drug-likeness (QED) is 0.634. The molecule has 1 saturated carbocycles. The van der Waals surface area contributed by atoms with Gasteiger partial charge in [-0.1, -0.05) is 29.8 Å². The summed E-state index contributed by atoms with van der Waals surface area (Å²) in [6.45, 7) is 2.07. The lowest BCUT2D eigenvalue weighted by Gasteiger charge is -2.12. The zero-order valence-electron chi connectivity index (χ0n) is 9.12. The number of carbonyl (C=O) groups excluding carboxylic acids is 1. The minimum Gasteiger partial charge on any atom is -0.295 e. The first-order valence-corrected chi connectivity index (χ1v) is 5.56. The average Bonchev–Trinajstić information content (AvgIpc) is 2.22. The molecule has 0 amide bonds. The van der Waals surface area contributed by atoms with Crippen molar-refractivity contribution in [1.29, 1.82) is 0 Å². The fraction of sp³-hybridized carbons (Fsp3) is 0.357. The Labute approximate surface area is 90.8 Å². The molecule has 1 aliphatic rings. The smallest absolute Gasteiger partial charge is 0.158 e. The second-order valence-corrected chi connectivity index (χ2v) is 4.21. The van der Waals surface area contributed by atoms with E-state index in [0.717, 1.165) is 36.8 Å². The van der Waals surface area contributed by atoms with Crippen LogP contribution in [0.25, 0.3) is 6.08 Å². The predicted molar refractivity (Wildman–Crippen MR) is 62.6 cm³/mol. The maximum atomic E-state index is 11.6. The van der Waals surface area contributed by atoms with Gasteiger partial charge in [0.1, 0.15) is 0 Å². The van der Waals surface area contributed by atoms with Crippen LogP contribution in [0.5, 0.6) is 0 Å². The molecule has 0 unspecified atom stereocenters. The highest BCUT2D eigenvalue weighted by Crippen LogP contribution is 2.22. The van der Waals surface area contributed by atoms with Crippen molar-refractivity contribution in [3.05, 3.63) is 41.0 Å². The topological polar surface area (TPSA) is 17.1 Å². The zero-order valence-corrected chi connectivity index (χ0v) is 9.12. The summed E-state index contributed by atoms with van der Waals surface area (Å²) in [5, 5.41) is 0. The molecule has 1 fully saturated rings. The summed E-state index contributed by atoms with van der Waals surface area (Å²) in [7, 11) is 0. The Bertz CT molecular complexity index is 402. The molecule has 78 valence electrons. The van der Waals surface area contributed by atoms with E-state index in [1.54, 1.807) is 0 Å². The third-order valence-corrected chi connectivity index (χ3v) is 2.84. The summed E-state index contributed by atoms with van der Waals surface area (Å²) in [5.41, 5.74) is 3.40. The Morgan fingerprint density at radius 1 is 1.20 bits per heavy atom. The van der Waals surface area contributed by atoms with Gasteiger partial charge in [0.25, 0.3) is 0 Å². The van der Waals surface area contributed by atoms with Gasteiger partial charge in [-0.15, -0.1) is 0 Å². The first kappa shape index (κ1) is 10.2. The SMILES string of the molecule is Cc1cccc(/C=C2/CCCCC2=O)c1. The van der Waals surface area contributed by atoms with E-state index in [4.69, 9.17) is 0 Å². The zero-order chi connectivity index (χ0) is 10.7. The Morgan fingerprint density at radius 3 is 2.73 bits per heavy atom. The van der Waals surface area contributed by atoms with Gasteiger partial charge in [-0.2, -0.15) is 0 Å². The number of Topliss-reactive ketones (excluding diaryl/α,β-unsaturated/α-hetero) is 1. The Morgan fingerprint density at radius 2 is 2.00 bits per heavy atom. The molecule has 1 aromatic carbocycles. The van der Waals surface area contributed by atoms with E-state index >= 15 is 0 Å². The van der Waals surface area contributed by atoms with Gasteiger partial charge in [0.15, 0.2) is 5.78 Å². The number of aryl methyl sites for hydroxylation is 1. The van der Waals surface area contributed by atoms with Crippen LogP contribution >= 0.6 is 0 Å². The Kier molecular flexibility index (Phi) is 3.00. The molecule has 0 heterocycles. The third kappa shape index (κ3) is 2.56. The van der Waals surface area contributed by atoms with E-state index < -0.39 is 0 Å². The summed E-state index contributed by atoms with van der Waals surface area (Å²) >= 11 is 0. The van der Waals surface area contributed by atoms with E-state index in [9.17, 15) is 4.79 Å². The second-order valence-electron chi connectivity index (χ2n) is 4.21. The van der Waals surface area contributed by atoms with Gasteiger partial charge in [0.2, 0.25) is 0 Å². The van der Waals surface area contributed by atoms with E-state index in [-0.39, 0.29) is 0 Å². The van der Waals surface area contributed by atoms with Gasteiger partial charge < -0.3 is 0 Å². The maximum Gasteiger partial charge on any atom is 0.158 e. The molecule has 0 aromatic heterocycles. The van der Waals surface area contributed by atoms with Crippen LogP contribution in [0.2, 0.25) is 0 Å². The van der Waals surface area contributed by atoms with Gasteiger partial charge in [-0.25, -0.2) is 0 Å². The lowest BCUT2D eigenvalue weighted by atomic mass is 9.92. The lowest BCUT2D eigenvalue weighted by molar-refractivity contribution is -0.116. The average molecular weight is 200 g/mol. The number of allylic oxidation sites excluding steroid dienone is 1. The fourth-order valence-electron chi connectivity index (χ4n) is 2.01. The molecule has 1 heteroatoms. The molecule has 0 spiro atoms. The molecule has 1 aromatic rings. The van der Waals surface area contributed by atoms with Gasteiger partial charge >= 0.3 is 0 Å². The van der Waals surface area contributed by atoms with Crippen molar-refractivity contribution in [3.8, 4) is 0 Å². The molecule has 0 atom stereocenters. The molecule has 0 bridgehead atoms. The van der Waals surface area contributed by atoms with Crippen LogP contribution in [0, 0.1) is 6.92 Å². The minimum absolute atomic E-state index is 0.336. The van der Waals surface area contributed by atoms with Crippen molar-refractivity contribution in [2.45, 2.75) is 32.6 Å². The minimum atomic E-state index is 0.336. The summed E-state index contributed by atoms with van der Waals surface area (Å²) in [6, 6.07) is 8.29. The number of carbonyl (C=O) groups is 1. The third-order valence-electron chi connectivity index (χ3n) is 2.84. The van der Waals surface area contributed by atoms with Crippen molar-refractivity contribution in [3.63, 3.8) is 0 Å². The van der Waals surface area contributed by atoms with Crippen molar-refractivity contribution >= 4 is 11.9 Å². The number of hydrogen-bond donors (Lipinski definition) is 0. The van der Waals surface area contributed by atoms with Crippen molar-refractivity contribution in [2.75, 3.05) is 0 Å². The standard InChI is InChI=1S/C14H16O/c1-11-5-4-6-12(9-11)10-13-7-2-3-8-14(13)15/h4-6,9-10H,2-3,7-8H2,1H3/b13-10-. The maximum absolute atomic E-state index is 11.6. The van der Waals surface area contributed by atoms with Gasteiger partial charge in [-0.05, 0) is 43.4 Å². The number of ketones is 1. The van der Waals surface area contributed by atoms with Crippen molar-refractivity contribution in [1.82, 2.24) is 0 Å².